The van der Waals surface area contributed by atoms with Crippen LogP contribution >= 0.6 is 0 Å². The SMILES string of the molecule is Cc1ccc(C2COCCN2C(=O)CC2(C(=O)O)CCC2)o1. The number of hydrogen-bond acceptors (Lipinski definition) is 4. The molecule has 1 aromatic rings. The Morgan fingerprint density at radius 3 is 2.73 bits per heavy atom. The van der Waals surface area contributed by atoms with Crippen molar-refractivity contribution in [3.63, 3.8) is 0 Å². The molecule has 1 unspecified atom stereocenters. The predicted octanol–water partition coefficient (Wildman–Crippen LogP) is 2.13. The summed E-state index contributed by atoms with van der Waals surface area (Å²) < 4.78 is 11.1. The Balaban J connectivity index is 1.75. The van der Waals surface area contributed by atoms with Gasteiger partial charge in [0.05, 0.1) is 18.6 Å². The smallest absolute Gasteiger partial charge is 0.310 e. The van der Waals surface area contributed by atoms with Crippen LogP contribution in [-0.4, -0.2) is 41.6 Å². The summed E-state index contributed by atoms with van der Waals surface area (Å²) in [7, 11) is 0. The van der Waals surface area contributed by atoms with Gasteiger partial charge in [-0.2, -0.15) is 0 Å². The van der Waals surface area contributed by atoms with Crippen molar-refractivity contribution in [1.29, 1.82) is 0 Å². The van der Waals surface area contributed by atoms with Gasteiger partial charge in [0.2, 0.25) is 5.91 Å². The largest absolute Gasteiger partial charge is 0.481 e. The highest BCUT2D eigenvalue weighted by atomic mass is 16.5. The average Bonchev–Trinajstić information content (AvgIpc) is 2.88. The van der Waals surface area contributed by atoms with Gasteiger partial charge in [0, 0.05) is 13.0 Å². The van der Waals surface area contributed by atoms with Gasteiger partial charge in [-0.25, -0.2) is 0 Å². The van der Waals surface area contributed by atoms with Crippen LogP contribution < -0.4 is 0 Å². The average molecular weight is 307 g/mol. The first-order valence-electron chi connectivity index (χ1n) is 7.69. The summed E-state index contributed by atoms with van der Waals surface area (Å²) >= 11 is 0. The fourth-order valence-electron chi connectivity index (χ4n) is 3.23. The van der Waals surface area contributed by atoms with Crippen LogP contribution in [0.3, 0.4) is 0 Å². The predicted molar refractivity (Wildman–Crippen MR) is 77.3 cm³/mol. The lowest BCUT2D eigenvalue weighted by molar-refractivity contribution is -0.162. The molecule has 0 bridgehead atoms. The molecule has 2 fully saturated rings. The lowest BCUT2D eigenvalue weighted by Crippen LogP contribution is -2.48. The number of aliphatic carboxylic acids is 1. The summed E-state index contributed by atoms with van der Waals surface area (Å²) in [5, 5.41) is 9.40. The van der Waals surface area contributed by atoms with Gasteiger partial charge in [-0.3, -0.25) is 9.59 Å². The topological polar surface area (TPSA) is 80.0 Å². The highest BCUT2D eigenvalue weighted by molar-refractivity contribution is 5.86. The van der Waals surface area contributed by atoms with Crippen molar-refractivity contribution >= 4 is 11.9 Å². The van der Waals surface area contributed by atoms with Gasteiger partial charge < -0.3 is 19.2 Å². The number of carbonyl (C=O) groups is 2. The monoisotopic (exact) mass is 307 g/mol. The molecule has 2 aliphatic rings. The van der Waals surface area contributed by atoms with Crippen LogP contribution in [0.5, 0.6) is 0 Å². The standard InChI is InChI=1S/C16H21NO5/c1-11-3-4-13(22-11)12-10-21-8-7-17(12)14(18)9-16(15(19)20)5-2-6-16/h3-4,12H,2,5-10H2,1H3,(H,19,20). The minimum absolute atomic E-state index is 0.0680. The van der Waals surface area contributed by atoms with Crippen LogP contribution in [0.4, 0.5) is 0 Å². The van der Waals surface area contributed by atoms with Crippen LogP contribution in [0.15, 0.2) is 16.5 Å². The number of carboxylic acids is 1. The first-order chi connectivity index (χ1) is 10.5. The Morgan fingerprint density at radius 1 is 1.41 bits per heavy atom. The van der Waals surface area contributed by atoms with E-state index < -0.39 is 11.4 Å². The van der Waals surface area contributed by atoms with E-state index in [4.69, 9.17) is 9.15 Å². The minimum atomic E-state index is -0.862. The van der Waals surface area contributed by atoms with E-state index in [-0.39, 0.29) is 18.4 Å². The van der Waals surface area contributed by atoms with E-state index in [9.17, 15) is 14.7 Å². The van der Waals surface area contributed by atoms with E-state index in [1.165, 1.54) is 0 Å². The third kappa shape index (κ3) is 2.63. The Morgan fingerprint density at radius 2 is 2.18 bits per heavy atom. The molecule has 22 heavy (non-hydrogen) atoms. The number of carboxylic acid groups (broad SMARTS) is 1. The van der Waals surface area contributed by atoms with Crippen molar-refractivity contribution in [1.82, 2.24) is 4.90 Å². The summed E-state index contributed by atoms with van der Waals surface area (Å²) in [5.74, 6) is 0.507. The number of aryl methyl sites for hydroxylation is 1. The van der Waals surface area contributed by atoms with Gasteiger partial charge in [0.25, 0.3) is 0 Å². The summed E-state index contributed by atoms with van der Waals surface area (Å²) in [4.78, 5) is 25.8. The van der Waals surface area contributed by atoms with E-state index in [1.54, 1.807) is 4.90 Å². The maximum atomic E-state index is 12.7. The molecule has 6 heteroatoms. The maximum absolute atomic E-state index is 12.7. The van der Waals surface area contributed by atoms with Crippen LogP contribution in [0.1, 0.15) is 43.2 Å². The molecule has 0 radical (unpaired) electrons. The number of carbonyl (C=O) groups excluding carboxylic acids is 1. The van der Waals surface area contributed by atoms with Crippen molar-refractivity contribution in [3.8, 4) is 0 Å². The lowest BCUT2D eigenvalue weighted by Gasteiger charge is -2.41. The summed E-state index contributed by atoms with van der Waals surface area (Å²) in [5.41, 5.74) is -0.862. The second-order valence-corrected chi connectivity index (χ2v) is 6.24. The minimum Gasteiger partial charge on any atom is -0.481 e. The molecule has 1 amide bonds. The summed E-state index contributed by atoms with van der Waals surface area (Å²) in [6.07, 6.45) is 2.12. The molecule has 1 saturated heterocycles. The molecule has 120 valence electrons. The quantitative estimate of drug-likeness (QED) is 0.921. The number of morpholine rings is 1. The van der Waals surface area contributed by atoms with E-state index in [0.717, 1.165) is 12.2 Å². The zero-order valence-corrected chi connectivity index (χ0v) is 12.7. The van der Waals surface area contributed by atoms with Gasteiger partial charge in [-0.1, -0.05) is 6.42 Å². The van der Waals surface area contributed by atoms with Crippen LogP contribution in [-0.2, 0) is 14.3 Å². The number of furan rings is 1. The van der Waals surface area contributed by atoms with Crippen molar-refractivity contribution in [2.75, 3.05) is 19.8 Å². The molecule has 1 atom stereocenters. The van der Waals surface area contributed by atoms with Gasteiger partial charge in [0.15, 0.2) is 0 Å². The molecular weight excluding hydrogens is 286 g/mol. The molecule has 0 aromatic carbocycles. The molecule has 3 rings (SSSR count). The third-order valence-corrected chi connectivity index (χ3v) is 4.79. The fourth-order valence-corrected chi connectivity index (χ4v) is 3.23. The number of hydrogen-bond donors (Lipinski definition) is 1. The Hall–Kier alpha value is -1.82. The highest BCUT2D eigenvalue weighted by Crippen LogP contribution is 2.45. The number of amides is 1. The zero-order chi connectivity index (χ0) is 15.7. The third-order valence-electron chi connectivity index (χ3n) is 4.79. The Bertz CT molecular complexity index is 575. The van der Waals surface area contributed by atoms with E-state index in [1.807, 2.05) is 19.1 Å². The number of nitrogens with zero attached hydrogens (tertiary/aromatic N) is 1. The normalized spacial score (nSPS) is 23.9. The number of rotatable bonds is 4. The van der Waals surface area contributed by atoms with E-state index in [0.29, 0.717) is 38.4 Å². The lowest BCUT2D eigenvalue weighted by atomic mass is 9.66. The molecule has 1 aliphatic carbocycles. The Labute approximate surface area is 129 Å². The van der Waals surface area contributed by atoms with E-state index >= 15 is 0 Å². The molecule has 1 aliphatic heterocycles. The van der Waals surface area contributed by atoms with Gasteiger partial charge in [0.1, 0.15) is 17.6 Å². The van der Waals surface area contributed by atoms with Gasteiger partial charge >= 0.3 is 5.97 Å². The van der Waals surface area contributed by atoms with Crippen LogP contribution in [0.25, 0.3) is 0 Å². The molecule has 1 N–H and O–H groups in total. The zero-order valence-electron chi connectivity index (χ0n) is 12.7. The number of ether oxygens (including phenoxy) is 1. The van der Waals surface area contributed by atoms with Gasteiger partial charge in [-0.15, -0.1) is 0 Å². The second kappa shape index (κ2) is 5.76. The van der Waals surface area contributed by atoms with Crippen molar-refractivity contribution < 1.29 is 23.8 Å². The maximum Gasteiger partial charge on any atom is 0.310 e. The molecular formula is C16H21NO5. The molecule has 2 heterocycles. The summed E-state index contributed by atoms with van der Waals surface area (Å²) in [6, 6.07) is 3.45. The molecule has 6 nitrogen and oxygen atoms in total. The fraction of sp³-hybridized carbons (Fsp3) is 0.625. The molecule has 1 saturated carbocycles. The van der Waals surface area contributed by atoms with Crippen molar-refractivity contribution in [2.24, 2.45) is 5.41 Å². The van der Waals surface area contributed by atoms with Crippen LogP contribution in [0.2, 0.25) is 0 Å². The molecule has 0 spiro atoms. The van der Waals surface area contributed by atoms with Crippen molar-refractivity contribution in [3.05, 3.63) is 23.7 Å². The summed E-state index contributed by atoms with van der Waals surface area (Å²) in [6.45, 7) is 3.19. The first-order valence-corrected chi connectivity index (χ1v) is 7.69. The van der Waals surface area contributed by atoms with Crippen LogP contribution in [0, 0.1) is 12.3 Å². The van der Waals surface area contributed by atoms with Gasteiger partial charge in [-0.05, 0) is 31.9 Å². The van der Waals surface area contributed by atoms with Crippen molar-refractivity contribution in [2.45, 2.75) is 38.6 Å². The Kier molecular flexibility index (Phi) is 3.95. The second-order valence-electron chi connectivity index (χ2n) is 6.24. The van der Waals surface area contributed by atoms with E-state index in [2.05, 4.69) is 0 Å². The first kappa shape index (κ1) is 15.1. The molecule has 1 aromatic heterocycles. The highest BCUT2D eigenvalue weighted by Gasteiger charge is 2.47.